The minimum Gasteiger partial charge on any atom is -0.422 e. The van der Waals surface area contributed by atoms with E-state index < -0.39 is 5.97 Å². The van der Waals surface area contributed by atoms with Crippen LogP contribution in [0.25, 0.3) is 9.88 Å². The standard InChI is InChI=1S/C14H9NO2S2/c16-14(17-10-5-2-1-3-6-10)11-9-19-13(15-11)12-7-4-8-18-12/h1-9H. The number of para-hydroxylation sites is 1. The van der Waals surface area contributed by atoms with Crippen molar-refractivity contribution in [3.8, 4) is 15.6 Å². The molecule has 0 aliphatic heterocycles. The van der Waals surface area contributed by atoms with E-state index in [1.165, 1.54) is 11.3 Å². The Morgan fingerprint density at radius 3 is 2.63 bits per heavy atom. The minimum absolute atomic E-state index is 0.345. The summed E-state index contributed by atoms with van der Waals surface area (Å²) in [6.07, 6.45) is 0. The van der Waals surface area contributed by atoms with Crippen molar-refractivity contribution in [2.24, 2.45) is 0 Å². The lowest BCUT2D eigenvalue weighted by Gasteiger charge is -2.00. The van der Waals surface area contributed by atoms with E-state index in [4.69, 9.17) is 4.74 Å². The molecule has 0 unspecified atom stereocenters. The molecule has 3 rings (SSSR count). The first kappa shape index (κ1) is 12.1. The van der Waals surface area contributed by atoms with Crippen LogP contribution in [0.4, 0.5) is 0 Å². The van der Waals surface area contributed by atoms with Gasteiger partial charge in [-0.3, -0.25) is 0 Å². The van der Waals surface area contributed by atoms with Gasteiger partial charge in [0.15, 0.2) is 5.69 Å². The number of ether oxygens (including phenoxy) is 1. The highest BCUT2D eigenvalue weighted by atomic mass is 32.1. The average molecular weight is 287 g/mol. The molecule has 0 N–H and O–H groups in total. The third-order valence-electron chi connectivity index (χ3n) is 2.40. The molecule has 0 atom stereocenters. The van der Waals surface area contributed by atoms with E-state index >= 15 is 0 Å². The van der Waals surface area contributed by atoms with Gasteiger partial charge in [-0.2, -0.15) is 0 Å². The van der Waals surface area contributed by atoms with Gasteiger partial charge in [0.05, 0.1) is 4.88 Å². The monoisotopic (exact) mass is 287 g/mol. The fourth-order valence-electron chi connectivity index (χ4n) is 1.53. The molecule has 3 aromatic rings. The Balaban J connectivity index is 1.78. The normalized spacial score (nSPS) is 10.3. The number of esters is 1. The SMILES string of the molecule is O=C(Oc1ccccc1)c1csc(-c2cccs2)n1. The van der Waals surface area contributed by atoms with Crippen LogP contribution in [-0.2, 0) is 0 Å². The Hall–Kier alpha value is -1.98. The van der Waals surface area contributed by atoms with Crippen molar-refractivity contribution in [2.45, 2.75) is 0 Å². The van der Waals surface area contributed by atoms with Gasteiger partial charge in [0, 0.05) is 5.38 Å². The summed E-state index contributed by atoms with van der Waals surface area (Å²) in [5.74, 6) is 0.100. The summed E-state index contributed by atoms with van der Waals surface area (Å²) in [6.45, 7) is 0. The van der Waals surface area contributed by atoms with Crippen LogP contribution >= 0.6 is 22.7 Å². The number of hydrogen-bond acceptors (Lipinski definition) is 5. The van der Waals surface area contributed by atoms with Crippen LogP contribution in [0, 0.1) is 0 Å². The minimum atomic E-state index is -0.426. The number of carbonyl (C=O) groups is 1. The number of benzene rings is 1. The number of rotatable bonds is 3. The van der Waals surface area contributed by atoms with Crippen LogP contribution in [0.15, 0.2) is 53.2 Å². The van der Waals surface area contributed by atoms with Gasteiger partial charge >= 0.3 is 5.97 Å². The molecule has 0 spiro atoms. The maximum Gasteiger partial charge on any atom is 0.363 e. The summed E-state index contributed by atoms with van der Waals surface area (Å²) in [6, 6.07) is 12.9. The molecule has 2 aromatic heterocycles. The lowest BCUT2D eigenvalue weighted by molar-refractivity contribution is 0.0729. The van der Waals surface area contributed by atoms with Crippen LogP contribution < -0.4 is 4.74 Å². The summed E-state index contributed by atoms with van der Waals surface area (Å²) < 4.78 is 5.24. The summed E-state index contributed by atoms with van der Waals surface area (Å²) in [5, 5.41) is 4.55. The van der Waals surface area contributed by atoms with Gasteiger partial charge in [-0.25, -0.2) is 9.78 Å². The Labute approximate surface area is 118 Å². The molecule has 0 amide bonds. The van der Waals surface area contributed by atoms with Crippen LogP contribution in [0.1, 0.15) is 10.5 Å². The molecule has 0 aliphatic rings. The van der Waals surface area contributed by atoms with Gasteiger partial charge in [0.1, 0.15) is 10.8 Å². The van der Waals surface area contributed by atoms with Gasteiger partial charge in [-0.1, -0.05) is 24.3 Å². The molecule has 94 valence electrons. The zero-order valence-corrected chi connectivity index (χ0v) is 11.4. The Bertz CT molecular complexity index is 675. The lowest BCUT2D eigenvalue weighted by Crippen LogP contribution is -2.08. The van der Waals surface area contributed by atoms with E-state index in [0.717, 1.165) is 9.88 Å². The molecule has 2 heterocycles. The molecular formula is C14H9NO2S2. The second-order valence-electron chi connectivity index (χ2n) is 3.72. The van der Waals surface area contributed by atoms with E-state index in [2.05, 4.69) is 4.98 Å². The van der Waals surface area contributed by atoms with Crippen molar-refractivity contribution in [3.63, 3.8) is 0 Å². The van der Waals surface area contributed by atoms with Gasteiger partial charge in [0.2, 0.25) is 0 Å². The van der Waals surface area contributed by atoms with E-state index in [0.29, 0.717) is 11.4 Å². The molecule has 0 aliphatic carbocycles. The summed E-state index contributed by atoms with van der Waals surface area (Å²) in [4.78, 5) is 17.3. The van der Waals surface area contributed by atoms with Crippen molar-refractivity contribution in [1.82, 2.24) is 4.98 Å². The highest BCUT2D eigenvalue weighted by Gasteiger charge is 2.14. The largest absolute Gasteiger partial charge is 0.422 e. The highest BCUT2D eigenvalue weighted by molar-refractivity contribution is 7.20. The quantitative estimate of drug-likeness (QED) is 0.538. The predicted octanol–water partition coefficient (Wildman–Crippen LogP) is 4.09. The smallest absolute Gasteiger partial charge is 0.363 e. The maximum absolute atomic E-state index is 11.9. The summed E-state index contributed by atoms with van der Waals surface area (Å²) >= 11 is 3.05. The fraction of sp³-hybridized carbons (Fsp3) is 0. The van der Waals surface area contributed by atoms with Gasteiger partial charge in [0.25, 0.3) is 0 Å². The third kappa shape index (κ3) is 2.72. The molecule has 0 radical (unpaired) electrons. The lowest BCUT2D eigenvalue weighted by atomic mass is 10.3. The number of hydrogen-bond donors (Lipinski definition) is 0. The molecule has 0 bridgehead atoms. The van der Waals surface area contributed by atoms with Crippen molar-refractivity contribution in [3.05, 3.63) is 58.9 Å². The Kier molecular flexibility index (Phi) is 3.39. The number of thiophene rings is 1. The van der Waals surface area contributed by atoms with Gasteiger partial charge in [-0.15, -0.1) is 22.7 Å². The van der Waals surface area contributed by atoms with Crippen molar-refractivity contribution < 1.29 is 9.53 Å². The second kappa shape index (κ2) is 5.34. The number of aromatic nitrogens is 1. The van der Waals surface area contributed by atoms with Crippen molar-refractivity contribution in [1.29, 1.82) is 0 Å². The summed E-state index contributed by atoms with van der Waals surface area (Å²) in [7, 11) is 0. The fourth-order valence-corrected chi connectivity index (χ4v) is 3.13. The number of carbonyl (C=O) groups excluding carboxylic acids is 1. The van der Waals surface area contributed by atoms with E-state index in [-0.39, 0.29) is 0 Å². The predicted molar refractivity (Wildman–Crippen MR) is 76.8 cm³/mol. The molecular weight excluding hydrogens is 278 g/mol. The Morgan fingerprint density at radius 2 is 1.89 bits per heavy atom. The molecule has 0 fully saturated rings. The topological polar surface area (TPSA) is 39.2 Å². The van der Waals surface area contributed by atoms with E-state index in [9.17, 15) is 4.79 Å². The highest BCUT2D eigenvalue weighted by Crippen LogP contribution is 2.28. The van der Waals surface area contributed by atoms with Crippen molar-refractivity contribution >= 4 is 28.6 Å². The van der Waals surface area contributed by atoms with Crippen LogP contribution in [0.2, 0.25) is 0 Å². The molecule has 5 heteroatoms. The van der Waals surface area contributed by atoms with Crippen LogP contribution in [-0.4, -0.2) is 11.0 Å². The maximum atomic E-state index is 11.9. The first-order valence-corrected chi connectivity index (χ1v) is 7.35. The number of nitrogens with zero attached hydrogens (tertiary/aromatic N) is 1. The molecule has 1 aromatic carbocycles. The molecule has 19 heavy (non-hydrogen) atoms. The summed E-state index contributed by atoms with van der Waals surface area (Å²) in [5.41, 5.74) is 0.345. The van der Waals surface area contributed by atoms with Gasteiger partial charge in [-0.05, 0) is 23.6 Å². The molecule has 3 nitrogen and oxygen atoms in total. The Morgan fingerprint density at radius 1 is 1.05 bits per heavy atom. The van der Waals surface area contributed by atoms with Crippen LogP contribution in [0.5, 0.6) is 5.75 Å². The van der Waals surface area contributed by atoms with Gasteiger partial charge < -0.3 is 4.74 Å². The zero-order valence-electron chi connectivity index (χ0n) is 9.78. The number of thiazole rings is 1. The third-order valence-corrected chi connectivity index (χ3v) is 4.28. The van der Waals surface area contributed by atoms with Crippen LogP contribution in [0.3, 0.4) is 0 Å². The second-order valence-corrected chi connectivity index (χ2v) is 5.52. The molecule has 0 saturated heterocycles. The van der Waals surface area contributed by atoms with E-state index in [1.807, 2.05) is 35.7 Å². The van der Waals surface area contributed by atoms with E-state index in [1.54, 1.807) is 28.8 Å². The zero-order chi connectivity index (χ0) is 13.1. The average Bonchev–Trinajstić information content (AvgIpc) is 3.11. The van der Waals surface area contributed by atoms with Crippen molar-refractivity contribution in [2.75, 3.05) is 0 Å². The first-order valence-electron chi connectivity index (χ1n) is 5.59. The molecule has 0 saturated carbocycles. The first-order chi connectivity index (χ1) is 9.33.